The highest BCUT2D eigenvalue weighted by atomic mass is 35.5. The minimum absolute atomic E-state index is 0.242. The summed E-state index contributed by atoms with van der Waals surface area (Å²) in [6.45, 7) is 4.25. The molecule has 1 unspecified atom stereocenters. The van der Waals surface area contributed by atoms with Crippen molar-refractivity contribution in [1.29, 1.82) is 0 Å². The Balaban J connectivity index is 1.91. The number of para-hydroxylation sites is 1. The van der Waals surface area contributed by atoms with Crippen LogP contribution in [0, 0.1) is 6.92 Å². The van der Waals surface area contributed by atoms with Crippen LogP contribution in [0.2, 0.25) is 5.02 Å². The Kier molecular flexibility index (Phi) is 3.68. The molecule has 1 aromatic heterocycles. The third-order valence-corrected chi connectivity index (χ3v) is 5.07. The summed E-state index contributed by atoms with van der Waals surface area (Å²) in [5, 5.41) is 5.61. The van der Waals surface area contributed by atoms with E-state index in [0.29, 0.717) is 0 Å². The van der Waals surface area contributed by atoms with Crippen LogP contribution >= 0.6 is 22.9 Å². The summed E-state index contributed by atoms with van der Waals surface area (Å²) in [6, 6.07) is 17.0. The fraction of sp³-hybridized carbons (Fsp3) is 0.176. The molecule has 0 fully saturated rings. The zero-order valence-electron chi connectivity index (χ0n) is 11.5. The van der Waals surface area contributed by atoms with Gasteiger partial charge in [0.25, 0.3) is 0 Å². The van der Waals surface area contributed by atoms with Crippen LogP contribution in [0.1, 0.15) is 23.4 Å². The summed E-state index contributed by atoms with van der Waals surface area (Å²) in [7, 11) is 0. The molecular weight excluding hydrogens is 286 g/mol. The van der Waals surface area contributed by atoms with E-state index in [2.05, 4.69) is 55.6 Å². The Morgan fingerprint density at radius 1 is 1.10 bits per heavy atom. The van der Waals surface area contributed by atoms with E-state index in [9.17, 15) is 0 Å². The lowest BCUT2D eigenvalue weighted by Crippen LogP contribution is -2.06. The maximum atomic E-state index is 6.28. The van der Waals surface area contributed by atoms with Gasteiger partial charge in [-0.15, -0.1) is 11.3 Å². The molecule has 0 spiro atoms. The first-order valence-corrected chi connectivity index (χ1v) is 7.85. The first-order chi connectivity index (χ1) is 9.65. The summed E-state index contributed by atoms with van der Waals surface area (Å²) in [5.74, 6) is 0. The van der Waals surface area contributed by atoms with Gasteiger partial charge in [0.1, 0.15) is 0 Å². The number of anilines is 1. The SMILES string of the molecule is Cc1cccc(Cl)c1NC(C)c1cc2ccccc2s1. The molecule has 1 N–H and O–H groups in total. The monoisotopic (exact) mass is 301 g/mol. The van der Waals surface area contributed by atoms with Crippen LogP contribution in [0.5, 0.6) is 0 Å². The molecule has 0 bridgehead atoms. The highest BCUT2D eigenvalue weighted by Gasteiger charge is 2.12. The van der Waals surface area contributed by atoms with E-state index in [1.807, 2.05) is 23.5 Å². The van der Waals surface area contributed by atoms with Crippen molar-refractivity contribution < 1.29 is 0 Å². The van der Waals surface area contributed by atoms with Gasteiger partial charge in [-0.1, -0.05) is 41.9 Å². The maximum absolute atomic E-state index is 6.28. The molecule has 0 aliphatic carbocycles. The van der Waals surface area contributed by atoms with Crippen LogP contribution < -0.4 is 5.32 Å². The molecule has 20 heavy (non-hydrogen) atoms. The minimum Gasteiger partial charge on any atom is -0.376 e. The second-order valence-corrected chi connectivity index (χ2v) is 6.51. The summed E-state index contributed by atoms with van der Waals surface area (Å²) in [4.78, 5) is 1.32. The molecule has 0 saturated carbocycles. The number of hydrogen-bond acceptors (Lipinski definition) is 2. The van der Waals surface area contributed by atoms with Crippen LogP contribution in [-0.4, -0.2) is 0 Å². The van der Waals surface area contributed by atoms with Gasteiger partial charge in [-0.3, -0.25) is 0 Å². The Morgan fingerprint density at radius 2 is 1.90 bits per heavy atom. The molecule has 0 aliphatic rings. The Morgan fingerprint density at radius 3 is 2.65 bits per heavy atom. The summed E-state index contributed by atoms with van der Waals surface area (Å²) in [5.41, 5.74) is 2.20. The van der Waals surface area contributed by atoms with Crippen molar-refractivity contribution in [1.82, 2.24) is 0 Å². The van der Waals surface area contributed by atoms with Crippen molar-refractivity contribution in [3.63, 3.8) is 0 Å². The van der Waals surface area contributed by atoms with E-state index in [-0.39, 0.29) is 6.04 Å². The number of fused-ring (bicyclic) bond motifs is 1. The van der Waals surface area contributed by atoms with E-state index >= 15 is 0 Å². The lowest BCUT2D eigenvalue weighted by Gasteiger charge is -2.17. The normalized spacial score (nSPS) is 12.6. The van der Waals surface area contributed by atoms with Gasteiger partial charge in [-0.25, -0.2) is 0 Å². The molecule has 1 atom stereocenters. The Bertz CT molecular complexity index is 694. The van der Waals surface area contributed by atoms with Crippen LogP contribution in [0.25, 0.3) is 10.1 Å². The molecule has 102 valence electrons. The van der Waals surface area contributed by atoms with E-state index in [4.69, 9.17) is 11.6 Å². The first kappa shape index (κ1) is 13.5. The molecule has 3 heteroatoms. The van der Waals surface area contributed by atoms with Crippen molar-refractivity contribution in [3.8, 4) is 0 Å². The topological polar surface area (TPSA) is 12.0 Å². The fourth-order valence-corrected chi connectivity index (χ4v) is 3.66. The molecule has 3 aromatic rings. The quantitative estimate of drug-likeness (QED) is 0.622. The van der Waals surface area contributed by atoms with Crippen LogP contribution in [0.3, 0.4) is 0 Å². The van der Waals surface area contributed by atoms with Gasteiger partial charge in [0.05, 0.1) is 16.8 Å². The van der Waals surface area contributed by atoms with Crippen molar-refractivity contribution in [2.75, 3.05) is 5.32 Å². The Labute approximate surface area is 128 Å². The second kappa shape index (κ2) is 5.47. The number of hydrogen-bond donors (Lipinski definition) is 1. The first-order valence-electron chi connectivity index (χ1n) is 6.65. The van der Waals surface area contributed by atoms with Gasteiger partial charge >= 0.3 is 0 Å². The number of aryl methyl sites for hydroxylation is 1. The minimum atomic E-state index is 0.242. The average molecular weight is 302 g/mol. The lowest BCUT2D eigenvalue weighted by molar-refractivity contribution is 0.906. The van der Waals surface area contributed by atoms with E-state index in [1.165, 1.54) is 20.5 Å². The zero-order chi connectivity index (χ0) is 14.1. The van der Waals surface area contributed by atoms with Crippen molar-refractivity contribution >= 4 is 38.7 Å². The molecule has 0 radical (unpaired) electrons. The van der Waals surface area contributed by atoms with Gasteiger partial charge < -0.3 is 5.32 Å². The van der Waals surface area contributed by atoms with Crippen molar-refractivity contribution in [2.45, 2.75) is 19.9 Å². The number of thiophene rings is 1. The third kappa shape index (κ3) is 2.54. The maximum Gasteiger partial charge on any atom is 0.0640 e. The smallest absolute Gasteiger partial charge is 0.0640 e. The summed E-state index contributed by atoms with van der Waals surface area (Å²) >= 11 is 8.11. The van der Waals surface area contributed by atoms with Gasteiger partial charge in [0.15, 0.2) is 0 Å². The predicted octanol–water partition coefficient (Wildman–Crippen LogP) is 6.04. The van der Waals surface area contributed by atoms with E-state index in [0.717, 1.165) is 10.7 Å². The molecule has 0 saturated heterocycles. The Hall–Kier alpha value is -1.51. The van der Waals surface area contributed by atoms with Gasteiger partial charge in [-0.05, 0) is 43.0 Å². The summed E-state index contributed by atoms with van der Waals surface area (Å²) in [6.07, 6.45) is 0. The molecule has 1 heterocycles. The molecule has 0 aliphatic heterocycles. The van der Waals surface area contributed by atoms with E-state index < -0.39 is 0 Å². The van der Waals surface area contributed by atoms with Crippen molar-refractivity contribution in [3.05, 3.63) is 64.0 Å². The van der Waals surface area contributed by atoms with Gasteiger partial charge in [-0.2, -0.15) is 0 Å². The molecular formula is C17H16ClNS. The van der Waals surface area contributed by atoms with Gasteiger partial charge in [0, 0.05) is 9.58 Å². The lowest BCUT2D eigenvalue weighted by atomic mass is 10.1. The van der Waals surface area contributed by atoms with Crippen LogP contribution in [-0.2, 0) is 0 Å². The molecule has 1 nitrogen and oxygen atoms in total. The zero-order valence-corrected chi connectivity index (χ0v) is 13.1. The largest absolute Gasteiger partial charge is 0.376 e. The van der Waals surface area contributed by atoms with Crippen LogP contribution in [0.4, 0.5) is 5.69 Å². The van der Waals surface area contributed by atoms with Gasteiger partial charge in [0.2, 0.25) is 0 Å². The molecule has 2 aromatic carbocycles. The predicted molar refractivity (Wildman–Crippen MR) is 90.1 cm³/mol. The van der Waals surface area contributed by atoms with Crippen LogP contribution in [0.15, 0.2) is 48.5 Å². The highest BCUT2D eigenvalue weighted by Crippen LogP contribution is 2.34. The number of benzene rings is 2. The fourth-order valence-electron chi connectivity index (χ4n) is 2.32. The second-order valence-electron chi connectivity index (χ2n) is 4.98. The summed E-state index contributed by atoms with van der Waals surface area (Å²) < 4.78 is 1.33. The molecule has 3 rings (SSSR count). The van der Waals surface area contributed by atoms with Crippen molar-refractivity contribution in [2.24, 2.45) is 0 Å². The number of nitrogens with one attached hydrogen (secondary N) is 1. The average Bonchev–Trinajstić information content (AvgIpc) is 2.87. The highest BCUT2D eigenvalue weighted by molar-refractivity contribution is 7.19. The van der Waals surface area contributed by atoms with E-state index in [1.54, 1.807) is 0 Å². The number of rotatable bonds is 3. The standard InChI is InChI=1S/C17H16ClNS/c1-11-6-5-8-14(18)17(11)19-12(2)16-10-13-7-3-4-9-15(13)20-16/h3-10,12,19H,1-2H3. The number of halogens is 1. The molecule has 0 amide bonds. The third-order valence-electron chi connectivity index (χ3n) is 3.45.